The molecule has 1 aromatic rings. The zero-order valence-electron chi connectivity index (χ0n) is 12.3. The molecule has 0 unspecified atom stereocenters. The minimum atomic E-state index is -0.571. The molecule has 1 aliphatic heterocycles. The van der Waals surface area contributed by atoms with E-state index in [9.17, 15) is 9.59 Å². The molecule has 4 nitrogen and oxygen atoms in total. The Morgan fingerprint density at radius 2 is 2.05 bits per heavy atom. The molecule has 0 bridgehead atoms. The van der Waals surface area contributed by atoms with Gasteiger partial charge in [-0.2, -0.15) is 0 Å². The monoisotopic (exact) mass is 306 g/mol. The molecular weight excluding hydrogens is 288 g/mol. The van der Waals surface area contributed by atoms with Crippen LogP contribution in [0.5, 0.6) is 0 Å². The first kappa shape index (κ1) is 14.4. The maximum absolute atomic E-state index is 11.7. The van der Waals surface area contributed by atoms with E-state index in [1.54, 1.807) is 6.07 Å². The molecule has 112 valence electrons. The molecule has 1 heterocycles. The SMILES string of the molecule is CC(C)CCN(c1cc2c(cc1Cl)C(=O)C(=O)N2)C1CC1. The number of hydrogen-bond acceptors (Lipinski definition) is 3. The van der Waals surface area contributed by atoms with E-state index < -0.39 is 11.7 Å². The minimum Gasteiger partial charge on any atom is -0.367 e. The Hall–Kier alpha value is -1.55. The maximum atomic E-state index is 11.7. The van der Waals surface area contributed by atoms with Gasteiger partial charge in [0.05, 0.1) is 22.0 Å². The first-order chi connectivity index (χ1) is 9.97. The molecule has 1 amide bonds. The number of amides is 1. The van der Waals surface area contributed by atoms with Gasteiger partial charge < -0.3 is 10.2 Å². The first-order valence-electron chi connectivity index (χ1n) is 7.43. The fraction of sp³-hybridized carbons (Fsp3) is 0.500. The predicted octanol–water partition coefficient (Wildman–Crippen LogP) is 3.49. The zero-order valence-corrected chi connectivity index (χ0v) is 13.0. The number of nitrogens with one attached hydrogen (secondary N) is 1. The molecule has 1 N–H and O–H groups in total. The number of carbonyl (C=O) groups is 2. The molecule has 5 heteroatoms. The number of carbonyl (C=O) groups excluding carboxylic acids is 2. The second-order valence-corrected chi connectivity index (χ2v) is 6.65. The predicted molar refractivity (Wildman–Crippen MR) is 84.2 cm³/mol. The third kappa shape index (κ3) is 2.77. The third-order valence-corrected chi connectivity index (χ3v) is 4.33. The van der Waals surface area contributed by atoms with E-state index in [1.165, 1.54) is 12.8 Å². The van der Waals surface area contributed by atoms with Crippen LogP contribution >= 0.6 is 11.6 Å². The van der Waals surface area contributed by atoms with E-state index in [4.69, 9.17) is 11.6 Å². The highest BCUT2D eigenvalue weighted by molar-refractivity contribution is 6.52. The number of halogens is 1. The molecule has 2 aliphatic rings. The van der Waals surface area contributed by atoms with Crippen LogP contribution in [0.1, 0.15) is 43.5 Å². The molecule has 1 aromatic carbocycles. The van der Waals surface area contributed by atoms with Crippen molar-refractivity contribution < 1.29 is 9.59 Å². The van der Waals surface area contributed by atoms with Crippen molar-refractivity contribution in [3.05, 3.63) is 22.7 Å². The summed E-state index contributed by atoms with van der Waals surface area (Å²) in [5.74, 6) is -0.447. The van der Waals surface area contributed by atoms with Crippen LogP contribution in [0.15, 0.2) is 12.1 Å². The largest absolute Gasteiger partial charge is 0.367 e. The van der Waals surface area contributed by atoms with Crippen LogP contribution in [-0.4, -0.2) is 24.3 Å². The lowest BCUT2D eigenvalue weighted by molar-refractivity contribution is -0.112. The lowest BCUT2D eigenvalue weighted by Crippen LogP contribution is -2.28. The Kier molecular flexibility index (Phi) is 3.66. The van der Waals surface area contributed by atoms with Crippen LogP contribution in [0.25, 0.3) is 0 Å². The van der Waals surface area contributed by atoms with Gasteiger partial charge in [0, 0.05) is 12.6 Å². The summed E-state index contributed by atoms with van der Waals surface area (Å²) in [5, 5.41) is 3.17. The third-order valence-electron chi connectivity index (χ3n) is 4.03. The molecule has 1 saturated carbocycles. The Morgan fingerprint density at radius 3 is 2.67 bits per heavy atom. The highest BCUT2D eigenvalue weighted by Gasteiger charge is 2.33. The van der Waals surface area contributed by atoms with E-state index in [0.717, 1.165) is 18.7 Å². The van der Waals surface area contributed by atoms with Crippen molar-refractivity contribution in [2.75, 3.05) is 16.8 Å². The maximum Gasteiger partial charge on any atom is 0.296 e. The summed E-state index contributed by atoms with van der Waals surface area (Å²) in [6, 6.07) is 4.00. The molecule has 0 spiro atoms. The second-order valence-electron chi connectivity index (χ2n) is 6.24. The normalized spacial score (nSPS) is 17.1. The van der Waals surface area contributed by atoms with Gasteiger partial charge in [0.1, 0.15) is 0 Å². The van der Waals surface area contributed by atoms with E-state index >= 15 is 0 Å². The van der Waals surface area contributed by atoms with Gasteiger partial charge in [0.25, 0.3) is 11.7 Å². The summed E-state index contributed by atoms with van der Waals surface area (Å²) in [4.78, 5) is 25.5. The molecule has 0 aromatic heterocycles. The van der Waals surface area contributed by atoms with Gasteiger partial charge in [-0.05, 0) is 37.3 Å². The average molecular weight is 307 g/mol. The van der Waals surface area contributed by atoms with Crippen LogP contribution in [0.4, 0.5) is 11.4 Å². The van der Waals surface area contributed by atoms with Crippen LogP contribution in [0.3, 0.4) is 0 Å². The van der Waals surface area contributed by atoms with Gasteiger partial charge in [-0.3, -0.25) is 9.59 Å². The van der Waals surface area contributed by atoms with Crippen molar-refractivity contribution in [3.63, 3.8) is 0 Å². The molecule has 3 rings (SSSR count). The van der Waals surface area contributed by atoms with Gasteiger partial charge in [-0.1, -0.05) is 25.4 Å². The van der Waals surface area contributed by atoms with E-state index in [1.807, 2.05) is 6.07 Å². The van der Waals surface area contributed by atoms with Crippen LogP contribution in [0.2, 0.25) is 5.02 Å². The number of anilines is 2. The van der Waals surface area contributed by atoms with E-state index in [-0.39, 0.29) is 0 Å². The number of rotatable bonds is 5. The van der Waals surface area contributed by atoms with Crippen molar-refractivity contribution in [1.29, 1.82) is 0 Å². The van der Waals surface area contributed by atoms with Crippen LogP contribution in [0, 0.1) is 5.92 Å². The van der Waals surface area contributed by atoms with Gasteiger partial charge in [-0.25, -0.2) is 0 Å². The Morgan fingerprint density at radius 1 is 1.33 bits per heavy atom. The molecule has 1 fully saturated rings. The highest BCUT2D eigenvalue weighted by Crippen LogP contribution is 2.40. The van der Waals surface area contributed by atoms with E-state index in [2.05, 4.69) is 24.1 Å². The van der Waals surface area contributed by atoms with Crippen molar-refractivity contribution in [2.24, 2.45) is 5.92 Å². The smallest absolute Gasteiger partial charge is 0.296 e. The molecular formula is C16H19ClN2O2. The molecule has 21 heavy (non-hydrogen) atoms. The Balaban J connectivity index is 1.92. The van der Waals surface area contributed by atoms with Crippen LogP contribution in [-0.2, 0) is 4.79 Å². The fourth-order valence-electron chi connectivity index (χ4n) is 2.66. The quantitative estimate of drug-likeness (QED) is 0.847. The number of ketones is 1. The van der Waals surface area contributed by atoms with E-state index in [0.29, 0.717) is 28.2 Å². The molecule has 0 atom stereocenters. The highest BCUT2D eigenvalue weighted by atomic mass is 35.5. The summed E-state index contributed by atoms with van der Waals surface area (Å²) >= 11 is 6.37. The number of Topliss-reactive ketones (excluding diaryl/α,β-unsaturated/α-hetero) is 1. The molecule has 1 aliphatic carbocycles. The number of benzene rings is 1. The number of nitrogens with zero attached hydrogens (tertiary/aromatic N) is 1. The van der Waals surface area contributed by atoms with Gasteiger partial charge in [0.2, 0.25) is 0 Å². The summed E-state index contributed by atoms with van der Waals surface area (Å²) in [7, 11) is 0. The van der Waals surface area contributed by atoms with Crippen molar-refractivity contribution in [1.82, 2.24) is 0 Å². The minimum absolute atomic E-state index is 0.383. The number of fused-ring (bicyclic) bond motifs is 1. The second kappa shape index (κ2) is 5.34. The Labute approximate surface area is 129 Å². The van der Waals surface area contributed by atoms with Gasteiger partial charge in [-0.15, -0.1) is 0 Å². The molecule has 0 saturated heterocycles. The fourth-order valence-corrected chi connectivity index (χ4v) is 2.93. The standard InChI is InChI=1S/C16H19ClN2O2/c1-9(2)5-6-19(10-3-4-10)14-8-13-11(7-12(14)17)15(20)16(21)18-13/h7-10H,3-6H2,1-2H3,(H,18,20,21). The number of hydrogen-bond donors (Lipinski definition) is 1. The van der Waals surface area contributed by atoms with Crippen molar-refractivity contribution >= 4 is 34.7 Å². The summed E-state index contributed by atoms with van der Waals surface area (Å²) in [6.45, 7) is 5.35. The first-order valence-corrected chi connectivity index (χ1v) is 7.81. The molecule has 0 radical (unpaired) electrons. The van der Waals surface area contributed by atoms with Crippen LogP contribution < -0.4 is 10.2 Å². The average Bonchev–Trinajstić information content (AvgIpc) is 3.21. The lowest BCUT2D eigenvalue weighted by atomic mass is 10.1. The van der Waals surface area contributed by atoms with Crippen molar-refractivity contribution in [2.45, 2.75) is 39.2 Å². The summed E-state index contributed by atoms with van der Waals surface area (Å²) < 4.78 is 0. The van der Waals surface area contributed by atoms with Gasteiger partial charge in [0.15, 0.2) is 0 Å². The lowest BCUT2D eigenvalue weighted by Gasteiger charge is -2.27. The summed E-state index contributed by atoms with van der Waals surface area (Å²) in [6.07, 6.45) is 3.45. The summed E-state index contributed by atoms with van der Waals surface area (Å²) in [5.41, 5.74) is 1.89. The van der Waals surface area contributed by atoms with Gasteiger partial charge >= 0.3 is 0 Å². The van der Waals surface area contributed by atoms with Crippen molar-refractivity contribution in [3.8, 4) is 0 Å². The zero-order chi connectivity index (χ0) is 15.1. The topological polar surface area (TPSA) is 49.4 Å². The Bertz CT molecular complexity index is 609.